The Hall–Kier alpha value is -3.65. The number of carbonyl (C=O) groups is 2. The SMILES string of the molecule is CCNC(=O)C(CC)N(Cc1cccc(C)c1)C(=O)CN(c1ccccc1C)S(=O)(=O)c1ccc(C)cc1. The molecule has 0 bridgehead atoms. The number of nitrogens with zero attached hydrogens (tertiary/aromatic N) is 2. The summed E-state index contributed by atoms with van der Waals surface area (Å²) in [6, 6.07) is 20.6. The molecule has 0 spiro atoms. The molecule has 0 fully saturated rings. The third kappa shape index (κ3) is 6.81. The molecule has 0 radical (unpaired) electrons. The second kappa shape index (κ2) is 12.7. The summed E-state index contributed by atoms with van der Waals surface area (Å²) in [4.78, 5) is 28.6. The quantitative estimate of drug-likeness (QED) is 0.384. The van der Waals surface area contributed by atoms with Gasteiger partial charge in [0.25, 0.3) is 10.0 Å². The van der Waals surface area contributed by atoms with E-state index in [1.165, 1.54) is 4.90 Å². The summed E-state index contributed by atoms with van der Waals surface area (Å²) in [5.74, 6) is -0.719. The zero-order valence-electron chi connectivity index (χ0n) is 22.8. The van der Waals surface area contributed by atoms with Crippen molar-refractivity contribution in [2.45, 2.75) is 58.5 Å². The second-order valence-electron chi connectivity index (χ2n) is 9.44. The lowest BCUT2D eigenvalue weighted by Gasteiger charge is -2.33. The molecule has 0 saturated heterocycles. The maximum absolute atomic E-state index is 14.0. The van der Waals surface area contributed by atoms with Crippen LogP contribution in [0.2, 0.25) is 0 Å². The van der Waals surface area contributed by atoms with Crippen LogP contribution < -0.4 is 9.62 Å². The summed E-state index contributed by atoms with van der Waals surface area (Å²) >= 11 is 0. The molecule has 202 valence electrons. The Kier molecular flexibility index (Phi) is 9.69. The van der Waals surface area contributed by atoms with Crippen molar-refractivity contribution in [2.24, 2.45) is 0 Å². The van der Waals surface area contributed by atoms with Crippen molar-refractivity contribution in [1.29, 1.82) is 0 Å². The molecule has 0 aliphatic carbocycles. The van der Waals surface area contributed by atoms with Crippen LogP contribution >= 0.6 is 0 Å². The van der Waals surface area contributed by atoms with Crippen LogP contribution in [-0.4, -0.2) is 44.3 Å². The summed E-state index contributed by atoms with van der Waals surface area (Å²) in [5, 5.41) is 2.82. The van der Waals surface area contributed by atoms with Gasteiger partial charge in [-0.25, -0.2) is 8.42 Å². The van der Waals surface area contributed by atoms with Crippen molar-refractivity contribution >= 4 is 27.5 Å². The molecule has 0 aliphatic rings. The van der Waals surface area contributed by atoms with Crippen molar-refractivity contribution in [3.8, 4) is 0 Å². The van der Waals surface area contributed by atoms with Crippen molar-refractivity contribution in [2.75, 3.05) is 17.4 Å². The fourth-order valence-electron chi connectivity index (χ4n) is 4.41. The molecule has 3 aromatic carbocycles. The summed E-state index contributed by atoms with van der Waals surface area (Å²) < 4.78 is 29.0. The van der Waals surface area contributed by atoms with E-state index in [9.17, 15) is 18.0 Å². The van der Waals surface area contributed by atoms with E-state index in [4.69, 9.17) is 0 Å². The first kappa shape index (κ1) is 28.9. The van der Waals surface area contributed by atoms with Gasteiger partial charge in [0, 0.05) is 13.1 Å². The summed E-state index contributed by atoms with van der Waals surface area (Å²) in [6.07, 6.45) is 0.387. The van der Waals surface area contributed by atoms with Crippen LogP contribution in [0.1, 0.15) is 42.5 Å². The number of aryl methyl sites for hydroxylation is 3. The Balaban J connectivity index is 2.07. The molecule has 0 aromatic heterocycles. The number of hydrogen-bond donors (Lipinski definition) is 1. The van der Waals surface area contributed by atoms with Crippen LogP contribution in [0.4, 0.5) is 5.69 Å². The highest BCUT2D eigenvalue weighted by Crippen LogP contribution is 2.27. The van der Waals surface area contributed by atoms with Gasteiger partial charge in [0.2, 0.25) is 11.8 Å². The predicted octanol–water partition coefficient (Wildman–Crippen LogP) is 4.75. The highest BCUT2D eigenvalue weighted by Gasteiger charge is 2.34. The average molecular weight is 536 g/mol. The Bertz CT molecular complexity index is 1370. The summed E-state index contributed by atoms with van der Waals surface area (Å²) in [7, 11) is -4.08. The van der Waals surface area contributed by atoms with Gasteiger partial charge in [-0.2, -0.15) is 0 Å². The lowest BCUT2D eigenvalue weighted by atomic mass is 10.1. The lowest BCUT2D eigenvalue weighted by Crippen LogP contribution is -2.52. The smallest absolute Gasteiger partial charge is 0.264 e. The number of nitrogens with one attached hydrogen (secondary N) is 1. The standard InChI is InChI=1S/C30H37N3O4S/c1-6-27(30(35)31-7-2)32(20-25-13-10-11-23(4)19-25)29(34)21-33(28-14-9-8-12-24(28)5)38(36,37)26-17-15-22(3)16-18-26/h8-19,27H,6-7,20-21H2,1-5H3,(H,31,35). The molecular weight excluding hydrogens is 498 g/mol. The molecule has 3 rings (SSSR count). The molecule has 1 atom stereocenters. The van der Waals surface area contributed by atoms with E-state index >= 15 is 0 Å². The third-order valence-corrected chi connectivity index (χ3v) is 8.22. The van der Waals surface area contributed by atoms with Gasteiger partial charge >= 0.3 is 0 Å². The van der Waals surface area contributed by atoms with Gasteiger partial charge in [-0.3, -0.25) is 13.9 Å². The topological polar surface area (TPSA) is 86.8 Å². The van der Waals surface area contributed by atoms with Crippen molar-refractivity contribution < 1.29 is 18.0 Å². The zero-order chi connectivity index (χ0) is 27.9. The second-order valence-corrected chi connectivity index (χ2v) is 11.3. The summed E-state index contributed by atoms with van der Waals surface area (Å²) in [6.45, 7) is 9.50. The molecule has 38 heavy (non-hydrogen) atoms. The van der Waals surface area contributed by atoms with Crippen LogP contribution in [0.15, 0.2) is 77.7 Å². The number of carbonyl (C=O) groups excluding carboxylic acids is 2. The van der Waals surface area contributed by atoms with Crippen LogP contribution in [0.5, 0.6) is 0 Å². The highest BCUT2D eigenvalue weighted by atomic mass is 32.2. The highest BCUT2D eigenvalue weighted by molar-refractivity contribution is 7.92. The Labute approximate surface area is 226 Å². The van der Waals surface area contributed by atoms with Gasteiger partial charge in [0.1, 0.15) is 12.6 Å². The number of amides is 2. The van der Waals surface area contributed by atoms with Crippen LogP contribution in [0.3, 0.4) is 0 Å². The van der Waals surface area contributed by atoms with Crippen molar-refractivity contribution in [3.05, 3.63) is 95.1 Å². The first-order chi connectivity index (χ1) is 18.1. The molecule has 0 heterocycles. The van der Waals surface area contributed by atoms with Gasteiger partial charge in [-0.05, 0) is 63.4 Å². The first-order valence-corrected chi connectivity index (χ1v) is 14.3. The van der Waals surface area contributed by atoms with Gasteiger partial charge in [-0.15, -0.1) is 0 Å². The van der Waals surface area contributed by atoms with Gasteiger partial charge in [0.05, 0.1) is 10.6 Å². The number of rotatable bonds is 11. The number of para-hydroxylation sites is 1. The molecule has 2 amide bonds. The third-order valence-electron chi connectivity index (χ3n) is 6.44. The minimum absolute atomic E-state index is 0.0974. The monoisotopic (exact) mass is 535 g/mol. The minimum atomic E-state index is -4.08. The van der Waals surface area contributed by atoms with Crippen LogP contribution in [-0.2, 0) is 26.2 Å². The lowest BCUT2D eigenvalue weighted by molar-refractivity contribution is -0.140. The molecule has 0 aliphatic heterocycles. The molecule has 7 nitrogen and oxygen atoms in total. The molecular formula is C30H37N3O4S. The molecule has 3 aromatic rings. The normalized spacial score (nSPS) is 12.0. The number of benzene rings is 3. The number of hydrogen-bond acceptors (Lipinski definition) is 4. The average Bonchev–Trinajstić information content (AvgIpc) is 2.88. The van der Waals surface area contributed by atoms with E-state index in [1.807, 2.05) is 71.0 Å². The predicted molar refractivity (Wildman–Crippen MR) is 151 cm³/mol. The van der Waals surface area contributed by atoms with Crippen LogP contribution in [0, 0.1) is 20.8 Å². The largest absolute Gasteiger partial charge is 0.355 e. The maximum atomic E-state index is 14.0. The minimum Gasteiger partial charge on any atom is -0.355 e. The number of anilines is 1. The van der Waals surface area contributed by atoms with Crippen molar-refractivity contribution in [3.63, 3.8) is 0 Å². The number of sulfonamides is 1. The van der Waals surface area contributed by atoms with E-state index < -0.39 is 28.5 Å². The van der Waals surface area contributed by atoms with E-state index in [-0.39, 0.29) is 17.3 Å². The Morgan fingerprint density at radius 2 is 1.55 bits per heavy atom. The first-order valence-electron chi connectivity index (χ1n) is 12.9. The van der Waals surface area contributed by atoms with E-state index in [0.29, 0.717) is 18.7 Å². The zero-order valence-corrected chi connectivity index (χ0v) is 23.6. The van der Waals surface area contributed by atoms with Gasteiger partial charge in [0.15, 0.2) is 0 Å². The molecule has 1 N–H and O–H groups in total. The fourth-order valence-corrected chi connectivity index (χ4v) is 5.89. The maximum Gasteiger partial charge on any atom is 0.264 e. The molecule has 1 unspecified atom stereocenters. The van der Waals surface area contributed by atoms with Crippen molar-refractivity contribution in [1.82, 2.24) is 10.2 Å². The Morgan fingerprint density at radius 1 is 0.868 bits per heavy atom. The molecule has 0 saturated carbocycles. The van der Waals surface area contributed by atoms with Crippen LogP contribution in [0.25, 0.3) is 0 Å². The van der Waals surface area contributed by atoms with Gasteiger partial charge < -0.3 is 10.2 Å². The van der Waals surface area contributed by atoms with E-state index in [1.54, 1.807) is 36.4 Å². The molecule has 8 heteroatoms. The summed E-state index contributed by atoms with van der Waals surface area (Å²) in [5.41, 5.74) is 3.97. The number of likely N-dealkylation sites (N-methyl/N-ethyl adjacent to an activating group) is 1. The van der Waals surface area contributed by atoms with Gasteiger partial charge in [-0.1, -0.05) is 72.6 Å². The Morgan fingerprint density at radius 3 is 2.16 bits per heavy atom. The fraction of sp³-hybridized carbons (Fsp3) is 0.333. The van der Waals surface area contributed by atoms with E-state index in [0.717, 1.165) is 26.6 Å². The van der Waals surface area contributed by atoms with E-state index in [2.05, 4.69) is 5.32 Å².